The number of hydrogen-bond acceptors (Lipinski definition) is 6. The lowest BCUT2D eigenvalue weighted by Gasteiger charge is -2.33. The number of ether oxygens (including phenoxy) is 2. The van der Waals surface area contributed by atoms with Gasteiger partial charge < -0.3 is 14.4 Å². The standard InChI is InChI=1S/C19H27N5O3/c1-13-5-8-15(9-6-13)23(2)18(25)12-24-21-19(20-22-24)14-7-10-16(26-3)17(11-14)27-4/h7,10-11,13,15H,5-6,8-9,12H2,1-4H3. The monoisotopic (exact) mass is 373 g/mol. The maximum atomic E-state index is 12.6. The van der Waals surface area contributed by atoms with Crippen LogP contribution in [0.2, 0.25) is 0 Å². The SMILES string of the molecule is COc1ccc(-c2nnn(CC(=O)N(C)C3CCC(C)CC3)n2)cc1OC. The smallest absolute Gasteiger partial charge is 0.246 e. The molecule has 1 aliphatic carbocycles. The zero-order chi connectivity index (χ0) is 19.4. The zero-order valence-electron chi connectivity index (χ0n) is 16.4. The molecule has 1 fully saturated rings. The van der Waals surface area contributed by atoms with Crippen LogP contribution in [0.1, 0.15) is 32.6 Å². The lowest BCUT2D eigenvalue weighted by atomic mass is 9.87. The van der Waals surface area contributed by atoms with Gasteiger partial charge in [0.25, 0.3) is 0 Å². The van der Waals surface area contributed by atoms with E-state index in [1.807, 2.05) is 18.0 Å². The largest absolute Gasteiger partial charge is 0.493 e. The quantitative estimate of drug-likeness (QED) is 0.773. The molecule has 0 spiro atoms. The summed E-state index contributed by atoms with van der Waals surface area (Å²) in [6.45, 7) is 2.36. The van der Waals surface area contributed by atoms with E-state index in [4.69, 9.17) is 9.47 Å². The number of amides is 1. The maximum absolute atomic E-state index is 12.6. The molecule has 2 aromatic rings. The molecule has 1 aliphatic rings. The van der Waals surface area contributed by atoms with E-state index in [0.29, 0.717) is 23.4 Å². The number of tetrazole rings is 1. The van der Waals surface area contributed by atoms with E-state index >= 15 is 0 Å². The summed E-state index contributed by atoms with van der Waals surface area (Å²) in [6.07, 6.45) is 4.47. The van der Waals surface area contributed by atoms with E-state index in [2.05, 4.69) is 22.3 Å². The minimum atomic E-state index is 0.00538. The molecular formula is C19H27N5O3. The highest BCUT2D eigenvalue weighted by Crippen LogP contribution is 2.30. The van der Waals surface area contributed by atoms with E-state index in [1.165, 1.54) is 17.6 Å². The molecule has 1 aromatic heterocycles. The summed E-state index contributed by atoms with van der Waals surface area (Å²) < 4.78 is 10.5. The Balaban J connectivity index is 1.66. The Bertz CT molecular complexity index is 783. The Labute approximate surface area is 159 Å². The number of rotatable bonds is 6. The van der Waals surface area contributed by atoms with Crippen molar-refractivity contribution < 1.29 is 14.3 Å². The van der Waals surface area contributed by atoms with Crippen molar-refractivity contribution in [1.29, 1.82) is 0 Å². The first-order valence-corrected chi connectivity index (χ1v) is 9.27. The van der Waals surface area contributed by atoms with Gasteiger partial charge in [-0.05, 0) is 55.0 Å². The van der Waals surface area contributed by atoms with Crippen LogP contribution in [0.3, 0.4) is 0 Å². The van der Waals surface area contributed by atoms with Gasteiger partial charge in [-0.25, -0.2) is 0 Å². The van der Waals surface area contributed by atoms with Gasteiger partial charge in [-0.2, -0.15) is 4.80 Å². The first kappa shape index (κ1) is 19.1. The highest BCUT2D eigenvalue weighted by atomic mass is 16.5. The van der Waals surface area contributed by atoms with Crippen molar-refractivity contribution in [3.8, 4) is 22.9 Å². The highest BCUT2D eigenvalue weighted by Gasteiger charge is 2.25. The summed E-state index contributed by atoms with van der Waals surface area (Å²) >= 11 is 0. The minimum absolute atomic E-state index is 0.00538. The van der Waals surface area contributed by atoms with Crippen molar-refractivity contribution in [3.05, 3.63) is 18.2 Å². The second-order valence-electron chi connectivity index (χ2n) is 7.13. The van der Waals surface area contributed by atoms with Crippen molar-refractivity contribution in [2.45, 2.75) is 45.2 Å². The molecule has 0 aliphatic heterocycles. The fraction of sp³-hybridized carbons (Fsp3) is 0.579. The normalized spacial score (nSPS) is 19.6. The van der Waals surface area contributed by atoms with Crippen molar-refractivity contribution in [3.63, 3.8) is 0 Å². The van der Waals surface area contributed by atoms with E-state index in [1.54, 1.807) is 26.4 Å². The highest BCUT2D eigenvalue weighted by molar-refractivity contribution is 5.75. The summed E-state index contributed by atoms with van der Waals surface area (Å²) in [5.74, 6) is 2.43. The number of carbonyl (C=O) groups is 1. The molecule has 0 N–H and O–H groups in total. The Morgan fingerprint density at radius 1 is 1.19 bits per heavy atom. The summed E-state index contributed by atoms with van der Waals surface area (Å²) in [6, 6.07) is 5.72. The molecule has 1 amide bonds. The molecule has 1 heterocycles. The first-order valence-electron chi connectivity index (χ1n) is 9.27. The predicted octanol–water partition coefficient (Wildman–Crippen LogP) is 2.39. The molecule has 0 bridgehead atoms. The third kappa shape index (κ3) is 4.37. The van der Waals surface area contributed by atoms with Crippen LogP contribution in [-0.4, -0.2) is 58.3 Å². The van der Waals surface area contributed by atoms with Gasteiger partial charge in [0.1, 0.15) is 6.54 Å². The molecule has 0 saturated heterocycles. The molecule has 146 valence electrons. The van der Waals surface area contributed by atoms with Crippen molar-refractivity contribution in [1.82, 2.24) is 25.1 Å². The maximum Gasteiger partial charge on any atom is 0.246 e. The van der Waals surface area contributed by atoms with Crippen LogP contribution in [0.5, 0.6) is 11.5 Å². The van der Waals surface area contributed by atoms with Crippen molar-refractivity contribution in [2.24, 2.45) is 5.92 Å². The molecule has 3 rings (SSSR count). The Kier molecular flexibility index (Phi) is 5.93. The van der Waals surface area contributed by atoms with Crippen molar-refractivity contribution >= 4 is 5.91 Å². The van der Waals surface area contributed by atoms with E-state index < -0.39 is 0 Å². The summed E-state index contributed by atoms with van der Waals surface area (Å²) in [5.41, 5.74) is 0.751. The van der Waals surface area contributed by atoms with Gasteiger partial charge in [0, 0.05) is 18.7 Å². The molecule has 0 unspecified atom stereocenters. The van der Waals surface area contributed by atoms with Gasteiger partial charge in [0.05, 0.1) is 14.2 Å². The number of nitrogens with zero attached hydrogens (tertiary/aromatic N) is 5. The molecule has 8 heteroatoms. The van der Waals surface area contributed by atoms with Crippen LogP contribution < -0.4 is 9.47 Å². The second kappa shape index (κ2) is 8.37. The summed E-state index contributed by atoms with van der Waals surface area (Å²) in [7, 11) is 5.03. The first-order chi connectivity index (χ1) is 13.0. The fourth-order valence-electron chi connectivity index (χ4n) is 3.47. The lowest BCUT2D eigenvalue weighted by Crippen LogP contribution is -2.41. The molecule has 27 heavy (non-hydrogen) atoms. The molecule has 0 atom stereocenters. The average molecular weight is 373 g/mol. The predicted molar refractivity (Wildman–Crippen MR) is 101 cm³/mol. The number of likely N-dealkylation sites (N-methyl/N-ethyl adjacent to an activating group) is 1. The van der Waals surface area contributed by atoms with Crippen LogP contribution in [0.15, 0.2) is 18.2 Å². The van der Waals surface area contributed by atoms with Gasteiger partial charge in [-0.3, -0.25) is 4.79 Å². The van der Waals surface area contributed by atoms with Gasteiger partial charge in [0.15, 0.2) is 11.5 Å². The van der Waals surface area contributed by atoms with E-state index in [9.17, 15) is 4.79 Å². The number of hydrogen-bond donors (Lipinski definition) is 0. The fourth-order valence-corrected chi connectivity index (χ4v) is 3.47. The Morgan fingerprint density at radius 2 is 1.89 bits per heavy atom. The number of carbonyl (C=O) groups excluding carboxylic acids is 1. The number of benzene rings is 1. The third-order valence-electron chi connectivity index (χ3n) is 5.30. The van der Waals surface area contributed by atoms with Crippen LogP contribution in [0, 0.1) is 5.92 Å². The van der Waals surface area contributed by atoms with Gasteiger partial charge in [-0.1, -0.05) is 6.92 Å². The van der Waals surface area contributed by atoms with Gasteiger partial charge in [0.2, 0.25) is 11.7 Å². The second-order valence-corrected chi connectivity index (χ2v) is 7.13. The Morgan fingerprint density at radius 3 is 2.56 bits per heavy atom. The van der Waals surface area contributed by atoms with E-state index in [0.717, 1.165) is 24.3 Å². The lowest BCUT2D eigenvalue weighted by molar-refractivity contribution is -0.133. The zero-order valence-corrected chi connectivity index (χ0v) is 16.4. The third-order valence-corrected chi connectivity index (χ3v) is 5.30. The van der Waals surface area contributed by atoms with Gasteiger partial charge in [-0.15, -0.1) is 10.2 Å². The number of methoxy groups -OCH3 is 2. The van der Waals surface area contributed by atoms with E-state index in [-0.39, 0.29) is 12.5 Å². The topological polar surface area (TPSA) is 82.4 Å². The number of aromatic nitrogens is 4. The van der Waals surface area contributed by atoms with Crippen LogP contribution in [-0.2, 0) is 11.3 Å². The molecule has 8 nitrogen and oxygen atoms in total. The summed E-state index contributed by atoms with van der Waals surface area (Å²) in [5, 5.41) is 12.4. The summed E-state index contributed by atoms with van der Waals surface area (Å²) in [4.78, 5) is 15.8. The average Bonchev–Trinajstić information content (AvgIpc) is 3.15. The molecule has 1 aromatic carbocycles. The minimum Gasteiger partial charge on any atom is -0.493 e. The molecular weight excluding hydrogens is 346 g/mol. The molecule has 0 radical (unpaired) electrons. The van der Waals surface area contributed by atoms with Gasteiger partial charge >= 0.3 is 0 Å². The Hall–Kier alpha value is -2.64. The van der Waals surface area contributed by atoms with Crippen molar-refractivity contribution in [2.75, 3.05) is 21.3 Å². The van der Waals surface area contributed by atoms with Crippen LogP contribution in [0.4, 0.5) is 0 Å². The molecule has 1 saturated carbocycles. The van der Waals surface area contributed by atoms with Crippen LogP contribution >= 0.6 is 0 Å². The van der Waals surface area contributed by atoms with Crippen LogP contribution in [0.25, 0.3) is 11.4 Å².